The van der Waals surface area contributed by atoms with E-state index in [9.17, 15) is 14.4 Å². The van der Waals surface area contributed by atoms with Crippen LogP contribution in [0.4, 0.5) is 4.79 Å². The number of carbonyl (C=O) groups excluding carboxylic acids is 2. The summed E-state index contributed by atoms with van der Waals surface area (Å²) in [5.41, 5.74) is 3.74. The van der Waals surface area contributed by atoms with Crippen molar-refractivity contribution >= 4 is 18.0 Å². The maximum Gasteiger partial charge on any atom is 0.407 e. The molecule has 1 aliphatic heterocycles. The summed E-state index contributed by atoms with van der Waals surface area (Å²) in [5.74, 6) is -1.09. The Morgan fingerprint density at radius 1 is 1.07 bits per heavy atom. The van der Waals surface area contributed by atoms with Gasteiger partial charge in [-0.25, -0.2) is 4.79 Å². The molecule has 0 radical (unpaired) electrons. The summed E-state index contributed by atoms with van der Waals surface area (Å²) in [7, 11) is 0. The van der Waals surface area contributed by atoms with Gasteiger partial charge in [0.15, 0.2) is 0 Å². The molecule has 0 unspecified atom stereocenters. The Labute approximate surface area is 174 Å². The Morgan fingerprint density at radius 2 is 1.63 bits per heavy atom. The molecule has 1 fully saturated rings. The average Bonchev–Trinajstić information content (AvgIpc) is 3.03. The van der Waals surface area contributed by atoms with E-state index in [1.165, 1.54) is 4.90 Å². The molecule has 0 spiro atoms. The summed E-state index contributed by atoms with van der Waals surface area (Å²) in [6.07, 6.45) is -0.455. The standard InChI is InChI=1S/C23H24N2O5/c1-23(21(27)28)13-25(14-23)20(26)10-11-24-22(29)30-12-19-17-8-4-2-6-15(17)16-7-3-5-9-18(16)19/h2-9,19H,10-14H2,1H3,(H,24,29)(H,27,28). The van der Waals surface area contributed by atoms with E-state index in [1.807, 2.05) is 24.3 Å². The van der Waals surface area contributed by atoms with Crippen molar-refractivity contribution in [2.75, 3.05) is 26.2 Å². The molecule has 0 saturated carbocycles. The van der Waals surface area contributed by atoms with Crippen molar-refractivity contribution in [3.8, 4) is 11.1 Å². The van der Waals surface area contributed by atoms with Gasteiger partial charge in [0.05, 0.1) is 5.41 Å². The topological polar surface area (TPSA) is 95.9 Å². The fourth-order valence-corrected chi connectivity index (χ4v) is 4.19. The Bertz CT molecular complexity index is 951. The van der Waals surface area contributed by atoms with Crippen molar-refractivity contribution in [3.63, 3.8) is 0 Å². The second kappa shape index (κ2) is 7.82. The van der Waals surface area contributed by atoms with E-state index < -0.39 is 17.5 Å². The zero-order chi connectivity index (χ0) is 21.3. The maximum absolute atomic E-state index is 12.1. The van der Waals surface area contributed by atoms with E-state index in [4.69, 9.17) is 9.84 Å². The van der Waals surface area contributed by atoms with Crippen LogP contribution in [0.1, 0.15) is 30.4 Å². The van der Waals surface area contributed by atoms with Gasteiger partial charge in [0.25, 0.3) is 0 Å². The average molecular weight is 408 g/mol. The number of hydrogen-bond donors (Lipinski definition) is 2. The lowest BCUT2D eigenvalue weighted by molar-refractivity contribution is -0.163. The predicted molar refractivity (Wildman–Crippen MR) is 110 cm³/mol. The van der Waals surface area contributed by atoms with Gasteiger partial charge in [0.2, 0.25) is 5.91 Å². The Kier molecular flexibility index (Phi) is 5.20. The summed E-state index contributed by atoms with van der Waals surface area (Å²) in [6.45, 7) is 2.39. The third kappa shape index (κ3) is 3.63. The van der Waals surface area contributed by atoms with Gasteiger partial charge in [-0.2, -0.15) is 0 Å². The van der Waals surface area contributed by atoms with Crippen LogP contribution in [0.3, 0.4) is 0 Å². The van der Waals surface area contributed by atoms with E-state index in [1.54, 1.807) is 6.92 Å². The van der Waals surface area contributed by atoms with Gasteiger partial charge in [-0.1, -0.05) is 48.5 Å². The third-order valence-electron chi connectivity index (χ3n) is 5.90. The van der Waals surface area contributed by atoms with Crippen LogP contribution in [-0.4, -0.2) is 54.2 Å². The molecular weight excluding hydrogens is 384 g/mol. The Morgan fingerprint density at radius 3 is 2.20 bits per heavy atom. The molecule has 2 N–H and O–H groups in total. The lowest BCUT2D eigenvalue weighted by atomic mass is 9.82. The molecule has 2 aliphatic rings. The minimum absolute atomic E-state index is 0.0143. The van der Waals surface area contributed by atoms with Gasteiger partial charge in [-0.15, -0.1) is 0 Å². The molecular formula is C23H24N2O5. The Balaban J connectivity index is 1.25. The number of likely N-dealkylation sites (tertiary alicyclic amines) is 1. The third-order valence-corrected chi connectivity index (χ3v) is 5.90. The predicted octanol–water partition coefficient (Wildman–Crippen LogP) is 2.85. The Hall–Kier alpha value is -3.35. The maximum atomic E-state index is 12.1. The summed E-state index contributed by atoms with van der Waals surface area (Å²) >= 11 is 0. The molecule has 2 amide bonds. The van der Waals surface area contributed by atoms with Gasteiger partial charge in [0, 0.05) is 32.0 Å². The first kappa shape index (κ1) is 19.9. The summed E-state index contributed by atoms with van der Waals surface area (Å²) in [6, 6.07) is 16.2. The van der Waals surface area contributed by atoms with Crippen LogP contribution in [-0.2, 0) is 14.3 Å². The smallest absolute Gasteiger partial charge is 0.407 e. The lowest BCUT2D eigenvalue weighted by Gasteiger charge is -2.44. The number of rotatable bonds is 6. The molecule has 0 atom stereocenters. The van der Waals surface area contributed by atoms with E-state index in [-0.39, 0.29) is 44.5 Å². The first-order chi connectivity index (χ1) is 14.4. The van der Waals surface area contributed by atoms with E-state index in [0.29, 0.717) is 0 Å². The monoisotopic (exact) mass is 408 g/mol. The van der Waals surface area contributed by atoms with Crippen LogP contribution in [0, 0.1) is 5.41 Å². The second-order valence-corrected chi connectivity index (χ2v) is 8.12. The van der Waals surface area contributed by atoms with Crippen molar-refractivity contribution in [1.82, 2.24) is 10.2 Å². The van der Waals surface area contributed by atoms with Crippen molar-refractivity contribution in [3.05, 3.63) is 59.7 Å². The number of carboxylic acid groups (broad SMARTS) is 1. The van der Waals surface area contributed by atoms with Crippen molar-refractivity contribution in [1.29, 1.82) is 0 Å². The number of nitrogens with zero attached hydrogens (tertiary/aromatic N) is 1. The normalized spacial score (nSPS) is 16.2. The quantitative estimate of drug-likeness (QED) is 0.766. The highest BCUT2D eigenvalue weighted by Gasteiger charge is 2.47. The SMILES string of the molecule is CC1(C(=O)O)CN(C(=O)CCNC(=O)OCC2c3ccccc3-c3ccccc32)C1. The van der Waals surface area contributed by atoms with Gasteiger partial charge in [0.1, 0.15) is 6.61 Å². The number of fused-ring (bicyclic) bond motifs is 3. The first-order valence-corrected chi connectivity index (χ1v) is 9.99. The highest BCUT2D eigenvalue weighted by molar-refractivity contribution is 5.83. The lowest BCUT2D eigenvalue weighted by Crippen LogP contribution is -2.60. The zero-order valence-corrected chi connectivity index (χ0v) is 16.8. The highest BCUT2D eigenvalue weighted by atomic mass is 16.5. The fourth-order valence-electron chi connectivity index (χ4n) is 4.19. The summed E-state index contributed by atoms with van der Waals surface area (Å²) < 4.78 is 5.43. The van der Waals surface area contributed by atoms with Gasteiger partial charge >= 0.3 is 12.1 Å². The van der Waals surface area contributed by atoms with Crippen molar-refractivity contribution in [2.24, 2.45) is 5.41 Å². The number of alkyl carbamates (subject to hydrolysis) is 1. The van der Waals surface area contributed by atoms with E-state index in [2.05, 4.69) is 29.6 Å². The molecule has 7 heteroatoms. The van der Waals surface area contributed by atoms with Crippen LogP contribution in [0.2, 0.25) is 0 Å². The minimum atomic E-state index is -0.900. The minimum Gasteiger partial charge on any atom is -0.481 e. The number of carboxylic acids is 1. The highest BCUT2D eigenvalue weighted by Crippen LogP contribution is 2.44. The van der Waals surface area contributed by atoms with Gasteiger partial charge < -0.3 is 20.1 Å². The van der Waals surface area contributed by atoms with E-state index in [0.717, 1.165) is 22.3 Å². The fraction of sp³-hybridized carbons (Fsp3) is 0.348. The molecule has 1 heterocycles. The largest absolute Gasteiger partial charge is 0.481 e. The molecule has 2 aromatic rings. The second-order valence-electron chi connectivity index (χ2n) is 8.12. The molecule has 30 heavy (non-hydrogen) atoms. The molecule has 1 saturated heterocycles. The molecule has 2 aromatic carbocycles. The number of amides is 2. The molecule has 156 valence electrons. The number of hydrogen-bond acceptors (Lipinski definition) is 4. The van der Waals surface area contributed by atoms with E-state index >= 15 is 0 Å². The number of ether oxygens (including phenoxy) is 1. The summed E-state index contributed by atoms with van der Waals surface area (Å²) in [5, 5.41) is 11.7. The van der Waals surface area contributed by atoms with Gasteiger partial charge in [-0.3, -0.25) is 9.59 Å². The van der Waals surface area contributed by atoms with Crippen molar-refractivity contribution in [2.45, 2.75) is 19.3 Å². The number of nitrogens with one attached hydrogen (secondary N) is 1. The van der Waals surface area contributed by atoms with Crippen LogP contribution >= 0.6 is 0 Å². The summed E-state index contributed by atoms with van der Waals surface area (Å²) in [4.78, 5) is 36.8. The molecule has 4 rings (SSSR count). The van der Waals surface area contributed by atoms with Crippen LogP contribution < -0.4 is 5.32 Å². The number of benzene rings is 2. The number of carbonyl (C=O) groups is 3. The number of aliphatic carboxylic acids is 1. The van der Waals surface area contributed by atoms with Gasteiger partial charge in [-0.05, 0) is 29.2 Å². The molecule has 0 bridgehead atoms. The van der Waals surface area contributed by atoms with Crippen LogP contribution in [0.15, 0.2) is 48.5 Å². The van der Waals surface area contributed by atoms with Crippen molar-refractivity contribution < 1.29 is 24.2 Å². The zero-order valence-electron chi connectivity index (χ0n) is 16.8. The molecule has 7 nitrogen and oxygen atoms in total. The van der Waals surface area contributed by atoms with Crippen LogP contribution in [0.5, 0.6) is 0 Å². The van der Waals surface area contributed by atoms with Crippen LogP contribution in [0.25, 0.3) is 11.1 Å². The molecule has 1 aliphatic carbocycles. The first-order valence-electron chi connectivity index (χ1n) is 9.99. The molecule has 0 aromatic heterocycles.